The zero-order valence-corrected chi connectivity index (χ0v) is 7.85. The highest BCUT2D eigenvalue weighted by molar-refractivity contribution is 7.80. The molecule has 0 aliphatic heterocycles. The van der Waals surface area contributed by atoms with E-state index < -0.39 is 0 Å². The largest absolute Gasteiger partial charge is 0.175 e. The zero-order valence-electron chi connectivity index (χ0n) is 6.07. The third kappa shape index (κ3) is 2.64. The van der Waals surface area contributed by atoms with Crippen molar-refractivity contribution in [3.8, 4) is 0 Å². The van der Waals surface area contributed by atoms with Crippen molar-refractivity contribution in [2.24, 2.45) is 0 Å². The molecule has 58 valence electrons. The molecule has 0 radical (unpaired) electrons. The Hall–Kier alpha value is -0.340. The van der Waals surface area contributed by atoms with E-state index in [9.17, 15) is 0 Å². The normalized spacial score (nSPS) is 10.7. The molecule has 0 fully saturated rings. The Kier molecular flexibility index (Phi) is 3.60. The van der Waals surface area contributed by atoms with Crippen LogP contribution < -0.4 is 0 Å². The van der Waals surface area contributed by atoms with E-state index in [1.807, 2.05) is 36.4 Å². The molecule has 0 saturated carbocycles. The highest BCUT2D eigenvalue weighted by Crippen LogP contribution is 2.13. The molecular weight excluding hydrogens is 172 g/mol. The summed E-state index contributed by atoms with van der Waals surface area (Å²) in [5, 5.41) is 0. The second-order valence-corrected chi connectivity index (χ2v) is 2.99. The second kappa shape index (κ2) is 4.52. The van der Waals surface area contributed by atoms with Gasteiger partial charge in [-0.1, -0.05) is 30.4 Å². The van der Waals surface area contributed by atoms with E-state index in [-0.39, 0.29) is 0 Å². The van der Waals surface area contributed by atoms with E-state index in [0.29, 0.717) is 0 Å². The topological polar surface area (TPSA) is 0 Å². The maximum Gasteiger partial charge on any atom is 0.0112 e. The van der Waals surface area contributed by atoms with E-state index >= 15 is 0 Å². The third-order valence-electron chi connectivity index (χ3n) is 1.34. The smallest absolute Gasteiger partial charge is 0.0112 e. The SMILES string of the molecule is SCC=Cc1ccccc1S. The van der Waals surface area contributed by atoms with Gasteiger partial charge in [0.15, 0.2) is 0 Å². The van der Waals surface area contributed by atoms with Crippen molar-refractivity contribution < 1.29 is 0 Å². The second-order valence-electron chi connectivity index (χ2n) is 2.14. The lowest BCUT2D eigenvalue weighted by atomic mass is 10.2. The highest BCUT2D eigenvalue weighted by atomic mass is 32.1. The van der Waals surface area contributed by atoms with Gasteiger partial charge in [0, 0.05) is 10.6 Å². The van der Waals surface area contributed by atoms with Crippen LogP contribution in [0.25, 0.3) is 6.08 Å². The van der Waals surface area contributed by atoms with Crippen molar-refractivity contribution >= 4 is 31.3 Å². The van der Waals surface area contributed by atoms with E-state index in [4.69, 9.17) is 0 Å². The van der Waals surface area contributed by atoms with Gasteiger partial charge in [0.05, 0.1) is 0 Å². The average molecular weight is 182 g/mol. The Morgan fingerprint density at radius 1 is 1.27 bits per heavy atom. The lowest BCUT2D eigenvalue weighted by Crippen LogP contribution is -1.73. The molecule has 11 heavy (non-hydrogen) atoms. The van der Waals surface area contributed by atoms with Crippen LogP contribution in [0, 0.1) is 0 Å². The van der Waals surface area contributed by atoms with Crippen LogP contribution in [0.2, 0.25) is 0 Å². The van der Waals surface area contributed by atoms with Gasteiger partial charge in [0.1, 0.15) is 0 Å². The highest BCUT2D eigenvalue weighted by Gasteiger charge is 1.89. The summed E-state index contributed by atoms with van der Waals surface area (Å²) in [5.41, 5.74) is 1.14. The molecule has 2 heteroatoms. The van der Waals surface area contributed by atoms with Crippen molar-refractivity contribution in [2.45, 2.75) is 4.90 Å². The van der Waals surface area contributed by atoms with Crippen molar-refractivity contribution in [3.63, 3.8) is 0 Å². The van der Waals surface area contributed by atoms with Crippen molar-refractivity contribution in [1.82, 2.24) is 0 Å². The van der Waals surface area contributed by atoms with Gasteiger partial charge in [-0.3, -0.25) is 0 Å². The first-order chi connectivity index (χ1) is 5.34. The van der Waals surface area contributed by atoms with E-state index in [1.165, 1.54) is 0 Å². The fourth-order valence-electron chi connectivity index (χ4n) is 0.808. The van der Waals surface area contributed by atoms with Crippen LogP contribution in [-0.4, -0.2) is 5.75 Å². The summed E-state index contributed by atoms with van der Waals surface area (Å²) in [5.74, 6) is 0.766. The molecule has 0 nitrogen and oxygen atoms in total. The molecule has 0 aromatic heterocycles. The van der Waals surface area contributed by atoms with Gasteiger partial charge in [-0.25, -0.2) is 0 Å². The molecule has 0 amide bonds. The van der Waals surface area contributed by atoms with Crippen molar-refractivity contribution in [1.29, 1.82) is 0 Å². The minimum Gasteiger partial charge on any atom is -0.175 e. The van der Waals surface area contributed by atoms with Crippen LogP contribution >= 0.6 is 25.3 Å². The summed E-state index contributed by atoms with van der Waals surface area (Å²) in [4.78, 5) is 1.01. The average Bonchev–Trinajstić information content (AvgIpc) is 2.03. The summed E-state index contributed by atoms with van der Waals surface area (Å²) < 4.78 is 0. The summed E-state index contributed by atoms with van der Waals surface area (Å²) in [6.45, 7) is 0. The van der Waals surface area contributed by atoms with Crippen LogP contribution in [0.4, 0.5) is 0 Å². The fourth-order valence-corrected chi connectivity index (χ4v) is 1.15. The lowest BCUT2D eigenvalue weighted by molar-refractivity contribution is 1.43. The zero-order chi connectivity index (χ0) is 8.10. The first-order valence-electron chi connectivity index (χ1n) is 3.40. The minimum atomic E-state index is 0.766. The van der Waals surface area contributed by atoms with Crippen LogP contribution in [0.1, 0.15) is 5.56 Å². The quantitative estimate of drug-likeness (QED) is 0.646. The molecule has 0 spiro atoms. The summed E-state index contributed by atoms with van der Waals surface area (Å²) in [7, 11) is 0. The van der Waals surface area contributed by atoms with Gasteiger partial charge in [-0.05, 0) is 11.6 Å². The Morgan fingerprint density at radius 3 is 2.64 bits per heavy atom. The Balaban J connectivity index is 2.86. The number of hydrogen-bond acceptors (Lipinski definition) is 2. The molecule has 1 rings (SSSR count). The van der Waals surface area contributed by atoms with Crippen LogP contribution in [0.3, 0.4) is 0 Å². The van der Waals surface area contributed by atoms with Gasteiger partial charge >= 0.3 is 0 Å². The maximum absolute atomic E-state index is 4.29. The standard InChI is InChI=1S/C9H10S2/c10-7-3-5-8-4-1-2-6-9(8)11/h1-6,10-11H,7H2. The lowest BCUT2D eigenvalue weighted by Gasteiger charge is -1.95. The molecule has 0 atom stereocenters. The van der Waals surface area contributed by atoms with Crippen molar-refractivity contribution in [3.05, 3.63) is 35.9 Å². The number of hydrogen-bond donors (Lipinski definition) is 2. The van der Waals surface area contributed by atoms with Gasteiger partial charge < -0.3 is 0 Å². The first kappa shape index (κ1) is 8.75. The van der Waals surface area contributed by atoms with E-state index in [0.717, 1.165) is 16.2 Å². The Morgan fingerprint density at radius 2 is 2.00 bits per heavy atom. The Labute approximate surface area is 78.1 Å². The monoisotopic (exact) mass is 182 g/mol. The van der Waals surface area contributed by atoms with Gasteiger partial charge in [-0.15, -0.1) is 12.6 Å². The first-order valence-corrected chi connectivity index (χ1v) is 4.48. The van der Waals surface area contributed by atoms with Gasteiger partial charge in [0.25, 0.3) is 0 Å². The molecule has 0 aliphatic carbocycles. The van der Waals surface area contributed by atoms with E-state index in [1.54, 1.807) is 0 Å². The van der Waals surface area contributed by atoms with Gasteiger partial charge in [-0.2, -0.15) is 12.6 Å². The molecule has 0 heterocycles. The molecule has 1 aromatic rings. The predicted octanol–water partition coefficient (Wildman–Crippen LogP) is 2.92. The molecule has 0 N–H and O–H groups in total. The molecule has 0 bridgehead atoms. The summed E-state index contributed by atoms with van der Waals surface area (Å²) in [6, 6.07) is 7.97. The summed E-state index contributed by atoms with van der Waals surface area (Å²) >= 11 is 8.37. The van der Waals surface area contributed by atoms with Crippen LogP contribution in [-0.2, 0) is 0 Å². The van der Waals surface area contributed by atoms with Crippen LogP contribution in [0.5, 0.6) is 0 Å². The molecule has 0 saturated heterocycles. The molecule has 1 aromatic carbocycles. The Bertz CT molecular complexity index is 253. The molecule has 0 unspecified atom stereocenters. The number of benzene rings is 1. The number of thiol groups is 2. The van der Waals surface area contributed by atoms with Crippen LogP contribution in [0.15, 0.2) is 35.2 Å². The molecule has 0 aliphatic rings. The van der Waals surface area contributed by atoms with Crippen molar-refractivity contribution in [2.75, 3.05) is 5.75 Å². The summed E-state index contributed by atoms with van der Waals surface area (Å²) in [6.07, 6.45) is 4.02. The minimum absolute atomic E-state index is 0.766. The predicted molar refractivity (Wildman–Crippen MR) is 56.6 cm³/mol. The third-order valence-corrected chi connectivity index (χ3v) is 1.96. The van der Waals surface area contributed by atoms with E-state index in [2.05, 4.69) is 25.3 Å². The van der Waals surface area contributed by atoms with Gasteiger partial charge in [0.2, 0.25) is 0 Å². The number of rotatable bonds is 2. The molecular formula is C9H10S2. The fraction of sp³-hybridized carbons (Fsp3) is 0.111. The maximum atomic E-state index is 4.29.